The minimum absolute atomic E-state index is 0.000220. The number of likely N-dealkylation sites (tertiary alicyclic amines) is 1. The van der Waals surface area contributed by atoms with Crippen LogP contribution in [0, 0.1) is 5.92 Å². The molecular weight excluding hydrogens is 590 g/mol. The van der Waals surface area contributed by atoms with Crippen molar-refractivity contribution in [3.63, 3.8) is 0 Å². The number of nitrogens with one attached hydrogen (secondary N) is 2. The Morgan fingerprint density at radius 2 is 1.51 bits per heavy atom. The van der Waals surface area contributed by atoms with Gasteiger partial charge in [0.15, 0.2) is 6.29 Å². The molecule has 2 heterocycles. The number of hydrogen-bond acceptors (Lipinski definition) is 6. The van der Waals surface area contributed by atoms with Crippen LogP contribution < -0.4 is 10.6 Å². The lowest BCUT2D eigenvalue weighted by atomic mass is 9.89. The lowest BCUT2D eigenvalue weighted by Crippen LogP contribution is -2.46. The molecular formula is C39H45N3O5. The first-order valence-electron chi connectivity index (χ1n) is 16.6. The lowest BCUT2D eigenvalue weighted by molar-refractivity contribution is -0.276. The van der Waals surface area contributed by atoms with Crippen LogP contribution in [0.2, 0.25) is 0 Å². The zero-order valence-electron chi connectivity index (χ0n) is 26.9. The number of nitrogens with zero attached hydrogens (tertiary/aromatic N) is 1. The van der Waals surface area contributed by atoms with E-state index in [1.807, 2.05) is 72.8 Å². The summed E-state index contributed by atoms with van der Waals surface area (Å²) in [6.45, 7) is 4.88. The van der Waals surface area contributed by atoms with E-state index < -0.39 is 6.29 Å². The van der Waals surface area contributed by atoms with Crippen LogP contribution in [0.15, 0.2) is 103 Å². The number of carbonyl (C=O) groups is 1. The van der Waals surface area contributed by atoms with Crippen molar-refractivity contribution in [1.82, 2.24) is 15.5 Å². The molecule has 8 nitrogen and oxygen atoms in total. The van der Waals surface area contributed by atoms with Gasteiger partial charge in [0.1, 0.15) is 0 Å². The van der Waals surface area contributed by atoms with Crippen LogP contribution in [0.1, 0.15) is 60.0 Å². The van der Waals surface area contributed by atoms with E-state index in [1.165, 1.54) is 0 Å². The third-order valence-corrected chi connectivity index (χ3v) is 9.49. The van der Waals surface area contributed by atoms with Gasteiger partial charge < -0.3 is 30.3 Å². The molecule has 47 heavy (non-hydrogen) atoms. The van der Waals surface area contributed by atoms with Gasteiger partial charge in [0.2, 0.25) is 0 Å². The van der Waals surface area contributed by atoms with E-state index in [0.29, 0.717) is 13.1 Å². The average Bonchev–Trinajstić information content (AvgIpc) is 3.58. The second-order valence-electron chi connectivity index (χ2n) is 12.6. The van der Waals surface area contributed by atoms with Crippen LogP contribution in [-0.4, -0.2) is 53.0 Å². The molecule has 0 spiro atoms. The molecule has 0 bridgehead atoms. The Labute approximate surface area is 277 Å². The molecule has 2 aliphatic rings. The van der Waals surface area contributed by atoms with Crippen LogP contribution in [0.25, 0.3) is 11.1 Å². The topological polar surface area (TPSA) is 103 Å². The summed E-state index contributed by atoms with van der Waals surface area (Å²) in [4.78, 5) is 14.9. The van der Waals surface area contributed by atoms with E-state index in [4.69, 9.17) is 9.47 Å². The number of hydrogen-bond donors (Lipinski definition) is 4. The molecule has 8 heteroatoms. The van der Waals surface area contributed by atoms with E-state index >= 15 is 0 Å². The third-order valence-electron chi connectivity index (χ3n) is 9.49. The van der Waals surface area contributed by atoms with Gasteiger partial charge in [-0.3, -0.25) is 4.90 Å². The van der Waals surface area contributed by atoms with Crippen molar-refractivity contribution in [2.24, 2.45) is 5.92 Å². The molecule has 246 valence electrons. The summed E-state index contributed by atoms with van der Waals surface area (Å²) >= 11 is 0. The van der Waals surface area contributed by atoms with E-state index in [0.717, 1.165) is 64.9 Å². The molecule has 0 radical (unpaired) electrons. The largest absolute Gasteiger partial charge is 0.395 e. The number of rotatable bonds is 11. The Morgan fingerprint density at radius 1 is 0.809 bits per heavy atom. The van der Waals surface area contributed by atoms with Gasteiger partial charge in [-0.15, -0.1) is 0 Å². The molecule has 4 aromatic carbocycles. The molecule has 0 saturated carbocycles. The van der Waals surface area contributed by atoms with E-state index in [-0.39, 0.29) is 43.4 Å². The highest BCUT2D eigenvalue weighted by atomic mass is 16.7. The van der Waals surface area contributed by atoms with Crippen LogP contribution in [0.4, 0.5) is 4.79 Å². The predicted octanol–water partition coefficient (Wildman–Crippen LogP) is 6.09. The Balaban J connectivity index is 1.17. The highest BCUT2D eigenvalue weighted by molar-refractivity contribution is 5.75. The standard InChI is InChI=1S/C39H45N3O5/c1-27-36(24-42-21-7-11-34(42)26-44)46-38(47-37(27)31-15-13-29(25-43)14-16-31)32-19-17-30(18-20-32)35-12-6-5-10-33(35)23-41-39(45)40-22-28-8-3-2-4-9-28/h2-6,8-10,12-20,27,34,36-38,43-44H,7,11,21-26H2,1H3,(H2,40,41,45)/t27-,34+,36+,37+,38+/m1/s1. The van der Waals surface area contributed by atoms with Gasteiger partial charge in [0.05, 0.1) is 25.4 Å². The van der Waals surface area contributed by atoms with Gasteiger partial charge in [0.25, 0.3) is 0 Å². The fraction of sp³-hybridized carbons (Fsp3) is 0.359. The van der Waals surface area contributed by atoms with Gasteiger partial charge in [-0.1, -0.05) is 110 Å². The molecule has 2 fully saturated rings. The molecule has 2 aliphatic heterocycles. The summed E-state index contributed by atoms with van der Waals surface area (Å²) in [5, 5.41) is 25.4. The van der Waals surface area contributed by atoms with Crippen molar-refractivity contribution in [1.29, 1.82) is 0 Å². The van der Waals surface area contributed by atoms with Gasteiger partial charge >= 0.3 is 6.03 Å². The van der Waals surface area contributed by atoms with Crippen LogP contribution in [0.5, 0.6) is 0 Å². The summed E-state index contributed by atoms with van der Waals surface area (Å²) in [6.07, 6.45) is 1.23. The zero-order chi connectivity index (χ0) is 32.6. The van der Waals surface area contributed by atoms with Gasteiger partial charge in [0, 0.05) is 37.2 Å². The van der Waals surface area contributed by atoms with E-state index in [1.54, 1.807) is 0 Å². The van der Waals surface area contributed by atoms with Crippen LogP contribution >= 0.6 is 0 Å². The summed E-state index contributed by atoms with van der Waals surface area (Å²) in [7, 11) is 0. The highest BCUT2D eigenvalue weighted by Crippen LogP contribution is 2.42. The summed E-state index contributed by atoms with van der Waals surface area (Å²) in [5.74, 6) is 0.0784. The molecule has 4 aromatic rings. The quantitative estimate of drug-likeness (QED) is 0.159. The first-order valence-corrected chi connectivity index (χ1v) is 16.6. The SMILES string of the molecule is C[C@@H]1[C@H](CN2CCC[C@H]2CO)O[C@H](c2ccc(-c3ccccc3CNC(=O)NCc3ccccc3)cc2)O[C@@H]1c1ccc(CO)cc1. The minimum Gasteiger partial charge on any atom is -0.395 e. The Hall–Kier alpha value is -4.05. The monoisotopic (exact) mass is 635 g/mol. The van der Waals surface area contributed by atoms with E-state index in [2.05, 4.69) is 52.8 Å². The molecule has 2 saturated heterocycles. The maximum atomic E-state index is 12.5. The van der Waals surface area contributed by atoms with Gasteiger partial charge in [-0.2, -0.15) is 0 Å². The van der Waals surface area contributed by atoms with E-state index in [9.17, 15) is 15.0 Å². The van der Waals surface area contributed by atoms with Crippen molar-refractivity contribution in [2.45, 2.75) is 64.0 Å². The minimum atomic E-state index is -0.562. The summed E-state index contributed by atoms with van der Waals surface area (Å²) in [5.41, 5.74) is 7.00. The average molecular weight is 636 g/mol. The van der Waals surface area contributed by atoms with Gasteiger partial charge in [-0.25, -0.2) is 4.79 Å². The van der Waals surface area contributed by atoms with Gasteiger partial charge in [-0.05, 0) is 52.8 Å². The normalized spacial score (nSPS) is 23.0. The second kappa shape index (κ2) is 15.7. The van der Waals surface area contributed by atoms with Crippen molar-refractivity contribution in [3.8, 4) is 11.1 Å². The first-order chi connectivity index (χ1) is 23.0. The number of carbonyl (C=O) groups excluding carboxylic acids is 1. The second-order valence-corrected chi connectivity index (χ2v) is 12.6. The highest BCUT2D eigenvalue weighted by Gasteiger charge is 2.40. The molecule has 4 N–H and O–H groups in total. The number of benzene rings is 4. The number of aliphatic hydroxyl groups is 2. The number of ether oxygens (including phenoxy) is 2. The maximum absolute atomic E-state index is 12.5. The summed E-state index contributed by atoms with van der Waals surface area (Å²) in [6, 6.07) is 34.1. The fourth-order valence-electron chi connectivity index (χ4n) is 6.69. The Kier molecular flexibility index (Phi) is 11.0. The molecule has 5 atom stereocenters. The zero-order valence-corrected chi connectivity index (χ0v) is 26.9. The smallest absolute Gasteiger partial charge is 0.315 e. The van der Waals surface area contributed by atoms with Crippen molar-refractivity contribution >= 4 is 6.03 Å². The predicted molar refractivity (Wildman–Crippen MR) is 182 cm³/mol. The number of aliphatic hydroxyl groups excluding tert-OH is 2. The molecule has 0 aliphatic carbocycles. The first kappa shape index (κ1) is 32.9. The van der Waals surface area contributed by atoms with Crippen LogP contribution in [-0.2, 0) is 29.2 Å². The van der Waals surface area contributed by atoms with Crippen LogP contribution in [0.3, 0.4) is 0 Å². The maximum Gasteiger partial charge on any atom is 0.315 e. The fourth-order valence-corrected chi connectivity index (χ4v) is 6.69. The summed E-state index contributed by atoms with van der Waals surface area (Å²) < 4.78 is 13.4. The Morgan fingerprint density at radius 3 is 2.26 bits per heavy atom. The Bertz CT molecular complexity index is 1580. The molecule has 2 amide bonds. The third kappa shape index (κ3) is 8.09. The molecule has 6 rings (SSSR count). The van der Waals surface area contributed by atoms with Crippen molar-refractivity contribution in [3.05, 3.63) is 131 Å². The lowest BCUT2D eigenvalue weighted by Gasteiger charge is -2.43. The molecule has 0 unspecified atom stereocenters. The van der Waals surface area contributed by atoms with Crippen molar-refractivity contribution < 1.29 is 24.5 Å². The molecule has 0 aromatic heterocycles. The number of urea groups is 1. The number of amides is 2. The van der Waals surface area contributed by atoms with Crippen molar-refractivity contribution in [2.75, 3.05) is 19.7 Å².